The summed E-state index contributed by atoms with van der Waals surface area (Å²) in [5.74, 6) is -0.185. The van der Waals surface area contributed by atoms with Crippen LogP contribution >= 0.6 is 11.6 Å². The molecule has 1 N–H and O–H groups in total. The SMILES string of the molecule is CCOCC(=O)Nc1c(C)cc(C)cc1Cl. The Balaban J connectivity index is 2.77. The molecule has 0 atom stereocenters. The first-order valence-electron chi connectivity index (χ1n) is 5.19. The summed E-state index contributed by atoms with van der Waals surface area (Å²) in [5, 5.41) is 3.30. The van der Waals surface area contributed by atoms with Gasteiger partial charge in [0, 0.05) is 6.61 Å². The second-order valence-electron chi connectivity index (χ2n) is 3.62. The number of aryl methyl sites for hydroxylation is 2. The quantitative estimate of drug-likeness (QED) is 0.880. The molecule has 0 aliphatic carbocycles. The molecule has 0 aliphatic rings. The molecule has 0 radical (unpaired) electrons. The highest BCUT2D eigenvalue weighted by atomic mass is 35.5. The summed E-state index contributed by atoms with van der Waals surface area (Å²) in [7, 11) is 0. The lowest BCUT2D eigenvalue weighted by Gasteiger charge is -2.11. The molecule has 88 valence electrons. The number of carbonyl (C=O) groups is 1. The summed E-state index contributed by atoms with van der Waals surface area (Å²) >= 11 is 6.06. The predicted molar refractivity (Wildman–Crippen MR) is 66.0 cm³/mol. The molecule has 1 aromatic rings. The minimum atomic E-state index is -0.185. The van der Waals surface area contributed by atoms with Gasteiger partial charge in [-0.3, -0.25) is 4.79 Å². The van der Waals surface area contributed by atoms with Crippen LogP contribution in [0.1, 0.15) is 18.1 Å². The van der Waals surface area contributed by atoms with Crippen molar-refractivity contribution < 1.29 is 9.53 Å². The topological polar surface area (TPSA) is 38.3 Å². The Morgan fingerprint density at radius 2 is 2.12 bits per heavy atom. The number of anilines is 1. The minimum absolute atomic E-state index is 0.0557. The molecular weight excluding hydrogens is 226 g/mol. The van der Waals surface area contributed by atoms with Gasteiger partial charge >= 0.3 is 0 Å². The number of hydrogen-bond acceptors (Lipinski definition) is 2. The largest absolute Gasteiger partial charge is 0.372 e. The molecule has 0 bridgehead atoms. The van der Waals surface area contributed by atoms with Gasteiger partial charge in [0.1, 0.15) is 6.61 Å². The van der Waals surface area contributed by atoms with E-state index in [0.717, 1.165) is 11.1 Å². The molecule has 0 saturated heterocycles. The van der Waals surface area contributed by atoms with Crippen LogP contribution < -0.4 is 5.32 Å². The third-order valence-electron chi connectivity index (χ3n) is 2.13. The molecule has 0 aromatic heterocycles. The summed E-state index contributed by atoms with van der Waals surface area (Å²) in [6, 6.07) is 3.80. The molecule has 4 heteroatoms. The van der Waals surface area contributed by atoms with Crippen LogP contribution in [0.3, 0.4) is 0 Å². The molecule has 1 rings (SSSR count). The van der Waals surface area contributed by atoms with Crippen molar-refractivity contribution in [3.8, 4) is 0 Å². The van der Waals surface area contributed by atoms with E-state index < -0.39 is 0 Å². The number of carbonyl (C=O) groups excluding carboxylic acids is 1. The molecule has 0 saturated carbocycles. The van der Waals surface area contributed by atoms with Gasteiger partial charge in [-0.15, -0.1) is 0 Å². The van der Waals surface area contributed by atoms with E-state index in [1.165, 1.54) is 0 Å². The maximum absolute atomic E-state index is 11.5. The standard InChI is InChI=1S/C12H16ClNO2/c1-4-16-7-11(15)14-12-9(3)5-8(2)6-10(12)13/h5-6H,4,7H2,1-3H3,(H,14,15). The van der Waals surface area contributed by atoms with Crippen molar-refractivity contribution >= 4 is 23.2 Å². The molecule has 3 nitrogen and oxygen atoms in total. The van der Waals surface area contributed by atoms with Gasteiger partial charge in [-0.2, -0.15) is 0 Å². The summed E-state index contributed by atoms with van der Waals surface area (Å²) in [5.41, 5.74) is 2.69. The molecule has 0 aliphatic heterocycles. The van der Waals surface area contributed by atoms with Gasteiger partial charge in [0.25, 0.3) is 0 Å². The van der Waals surface area contributed by atoms with Crippen molar-refractivity contribution in [3.05, 3.63) is 28.3 Å². The van der Waals surface area contributed by atoms with Crippen LogP contribution in [0.5, 0.6) is 0 Å². The van der Waals surface area contributed by atoms with E-state index in [4.69, 9.17) is 16.3 Å². The Morgan fingerprint density at radius 3 is 2.69 bits per heavy atom. The van der Waals surface area contributed by atoms with Crippen LogP contribution in [0, 0.1) is 13.8 Å². The van der Waals surface area contributed by atoms with E-state index in [2.05, 4.69) is 5.32 Å². The normalized spacial score (nSPS) is 10.2. The van der Waals surface area contributed by atoms with Gasteiger partial charge in [0.15, 0.2) is 0 Å². The Morgan fingerprint density at radius 1 is 1.44 bits per heavy atom. The molecular formula is C12H16ClNO2. The number of rotatable bonds is 4. The van der Waals surface area contributed by atoms with Crippen LogP contribution in [0.2, 0.25) is 5.02 Å². The number of hydrogen-bond donors (Lipinski definition) is 1. The lowest BCUT2D eigenvalue weighted by molar-refractivity contribution is -0.120. The lowest BCUT2D eigenvalue weighted by Crippen LogP contribution is -2.19. The fourth-order valence-electron chi connectivity index (χ4n) is 1.44. The van der Waals surface area contributed by atoms with Crippen LogP contribution in [0.25, 0.3) is 0 Å². The first-order chi connectivity index (χ1) is 7.54. The Bertz CT molecular complexity index is 368. The highest BCUT2D eigenvalue weighted by molar-refractivity contribution is 6.34. The van der Waals surface area contributed by atoms with Gasteiger partial charge in [-0.1, -0.05) is 17.7 Å². The van der Waals surface area contributed by atoms with Gasteiger partial charge in [-0.05, 0) is 38.0 Å². The second-order valence-corrected chi connectivity index (χ2v) is 4.03. The minimum Gasteiger partial charge on any atom is -0.372 e. The zero-order valence-electron chi connectivity index (χ0n) is 9.76. The van der Waals surface area contributed by atoms with Crippen molar-refractivity contribution in [1.82, 2.24) is 0 Å². The Labute approximate surface area is 101 Å². The van der Waals surface area contributed by atoms with Gasteiger partial charge < -0.3 is 10.1 Å². The van der Waals surface area contributed by atoms with Crippen molar-refractivity contribution in [2.45, 2.75) is 20.8 Å². The van der Waals surface area contributed by atoms with Crippen LogP contribution in [-0.4, -0.2) is 19.1 Å². The van der Waals surface area contributed by atoms with Crippen LogP contribution in [0.4, 0.5) is 5.69 Å². The summed E-state index contributed by atoms with van der Waals surface area (Å²) < 4.78 is 5.02. The van der Waals surface area contributed by atoms with E-state index in [9.17, 15) is 4.79 Å². The first kappa shape index (κ1) is 13.0. The van der Waals surface area contributed by atoms with E-state index in [0.29, 0.717) is 17.3 Å². The zero-order chi connectivity index (χ0) is 12.1. The number of halogens is 1. The third kappa shape index (κ3) is 3.51. The van der Waals surface area contributed by atoms with Gasteiger partial charge in [-0.25, -0.2) is 0 Å². The van der Waals surface area contributed by atoms with Crippen LogP contribution in [0.15, 0.2) is 12.1 Å². The van der Waals surface area contributed by atoms with Crippen molar-refractivity contribution in [2.75, 3.05) is 18.5 Å². The average Bonchev–Trinajstić information content (AvgIpc) is 2.20. The first-order valence-corrected chi connectivity index (χ1v) is 5.56. The van der Waals surface area contributed by atoms with E-state index in [1.54, 1.807) is 0 Å². The Hall–Kier alpha value is -1.06. The highest BCUT2D eigenvalue weighted by Crippen LogP contribution is 2.27. The zero-order valence-corrected chi connectivity index (χ0v) is 10.5. The number of nitrogens with one attached hydrogen (secondary N) is 1. The summed E-state index contributed by atoms with van der Waals surface area (Å²) in [6.07, 6.45) is 0. The van der Waals surface area contributed by atoms with Gasteiger partial charge in [0.2, 0.25) is 5.91 Å². The number of amides is 1. The van der Waals surface area contributed by atoms with Gasteiger partial charge in [0.05, 0.1) is 10.7 Å². The van der Waals surface area contributed by atoms with Crippen LogP contribution in [-0.2, 0) is 9.53 Å². The van der Waals surface area contributed by atoms with Crippen molar-refractivity contribution in [2.24, 2.45) is 0 Å². The maximum Gasteiger partial charge on any atom is 0.250 e. The highest BCUT2D eigenvalue weighted by Gasteiger charge is 2.09. The molecule has 0 spiro atoms. The molecule has 1 aromatic carbocycles. The average molecular weight is 242 g/mol. The molecule has 0 unspecified atom stereocenters. The molecule has 0 fully saturated rings. The predicted octanol–water partition coefficient (Wildman–Crippen LogP) is 2.93. The monoisotopic (exact) mass is 241 g/mol. The Kier molecular flexibility index (Phi) is 4.77. The van der Waals surface area contributed by atoms with E-state index >= 15 is 0 Å². The second kappa shape index (κ2) is 5.87. The molecule has 16 heavy (non-hydrogen) atoms. The van der Waals surface area contributed by atoms with E-state index in [1.807, 2.05) is 32.9 Å². The lowest BCUT2D eigenvalue weighted by atomic mass is 10.1. The van der Waals surface area contributed by atoms with E-state index in [-0.39, 0.29) is 12.5 Å². The fraction of sp³-hybridized carbons (Fsp3) is 0.417. The molecule has 0 heterocycles. The third-order valence-corrected chi connectivity index (χ3v) is 2.43. The summed E-state index contributed by atoms with van der Waals surface area (Å²) in [6.45, 7) is 6.30. The van der Waals surface area contributed by atoms with Crippen molar-refractivity contribution in [3.63, 3.8) is 0 Å². The summed E-state index contributed by atoms with van der Waals surface area (Å²) in [4.78, 5) is 11.5. The molecule has 1 amide bonds. The van der Waals surface area contributed by atoms with Crippen molar-refractivity contribution in [1.29, 1.82) is 0 Å². The smallest absolute Gasteiger partial charge is 0.250 e. The fourth-order valence-corrected chi connectivity index (χ4v) is 1.81. The number of benzene rings is 1. The maximum atomic E-state index is 11.5. The number of ether oxygens (including phenoxy) is 1.